The Morgan fingerprint density at radius 3 is 2.62 bits per heavy atom. The van der Waals surface area contributed by atoms with Crippen molar-refractivity contribution in [2.45, 2.75) is 6.54 Å². The lowest BCUT2D eigenvalue weighted by Gasteiger charge is -2.13. The molecule has 110 valence electrons. The number of nitrogens with one attached hydrogen (secondary N) is 1. The maximum absolute atomic E-state index is 12.2. The first-order valence-electron chi connectivity index (χ1n) is 6.78. The molecule has 0 spiro atoms. The van der Waals surface area contributed by atoms with E-state index in [1.807, 2.05) is 67.5 Å². The van der Waals surface area contributed by atoms with Gasteiger partial charge in [-0.1, -0.05) is 18.2 Å². The first-order valence-corrected chi connectivity index (χ1v) is 6.78. The van der Waals surface area contributed by atoms with Gasteiger partial charge in [-0.2, -0.15) is 0 Å². The lowest BCUT2D eigenvalue weighted by atomic mass is 10.1. The van der Waals surface area contributed by atoms with Crippen molar-refractivity contribution in [1.29, 1.82) is 0 Å². The van der Waals surface area contributed by atoms with Crippen LogP contribution in [0.1, 0.15) is 15.9 Å². The van der Waals surface area contributed by atoms with Gasteiger partial charge in [-0.3, -0.25) is 4.79 Å². The quantitative estimate of drug-likeness (QED) is 0.918. The van der Waals surface area contributed by atoms with E-state index in [1.165, 1.54) is 0 Å². The summed E-state index contributed by atoms with van der Waals surface area (Å²) in [7, 11) is 5.53. The summed E-state index contributed by atoms with van der Waals surface area (Å²) in [6.45, 7) is 0.474. The predicted octanol–water partition coefficient (Wildman–Crippen LogP) is 2.69. The van der Waals surface area contributed by atoms with Crippen molar-refractivity contribution in [1.82, 2.24) is 5.32 Å². The minimum Gasteiger partial charge on any atom is -0.497 e. The second-order valence-corrected chi connectivity index (χ2v) is 4.98. The second-order valence-electron chi connectivity index (χ2n) is 4.98. The lowest BCUT2D eigenvalue weighted by Crippen LogP contribution is -2.23. The van der Waals surface area contributed by atoms with E-state index < -0.39 is 0 Å². The molecule has 1 N–H and O–H groups in total. The largest absolute Gasteiger partial charge is 0.497 e. The Kier molecular flexibility index (Phi) is 4.82. The predicted molar refractivity (Wildman–Crippen MR) is 84.9 cm³/mol. The summed E-state index contributed by atoms with van der Waals surface area (Å²) in [5, 5.41) is 2.92. The van der Waals surface area contributed by atoms with Gasteiger partial charge in [0.05, 0.1) is 7.11 Å². The molecule has 0 fully saturated rings. The summed E-state index contributed by atoms with van der Waals surface area (Å²) < 4.78 is 5.17. The Hall–Kier alpha value is -2.49. The molecule has 0 atom stereocenters. The molecule has 2 aromatic carbocycles. The highest BCUT2D eigenvalue weighted by molar-refractivity contribution is 5.95. The van der Waals surface area contributed by atoms with E-state index in [-0.39, 0.29) is 5.91 Å². The lowest BCUT2D eigenvalue weighted by molar-refractivity contribution is 0.0951. The zero-order valence-corrected chi connectivity index (χ0v) is 12.6. The van der Waals surface area contributed by atoms with Gasteiger partial charge in [-0.15, -0.1) is 0 Å². The van der Waals surface area contributed by atoms with Crippen LogP contribution in [0.15, 0.2) is 48.5 Å². The number of carbonyl (C=O) groups is 1. The number of ether oxygens (including phenoxy) is 1. The first-order chi connectivity index (χ1) is 10.1. The van der Waals surface area contributed by atoms with Crippen molar-refractivity contribution in [3.8, 4) is 5.75 Å². The molecule has 4 heteroatoms. The number of hydrogen-bond donors (Lipinski definition) is 1. The van der Waals surface area contributed by atoms with Gasteiger partial charge in [-0.05, 0) is 35.9 Å². The Morgan fingerprint density at radius 2 is 1.90 bits per heavy atom. The summed E-state index contributed by atoms with van der Waals surface area (Å²) in [4.78, 5) is 14.2. The summed E-state index contributed by atoms with van der Waals surface area (Å²) in [6, 6.07) is 15.2. The maximum atomic E-state index is 12.2. The zero-order valence-electron chi connectivity index (χ0n) is 12.6. The van der Waals surface area contributed by atoms with E-state index in [1.54, 1.807) is 7.11 Å². The summed E-state index contributed by atoms with van der Waals surface area (Å²) >= 11 is 0. The van der Waals surface area contributed by atoms with Gasteiger partial charge in [0.25, 0.3) is 5.91 Å². The summed E-state index contributed by atoms with van der Waals surface area (Å²) in [5.41, 5.74) is 2.67. The molecule has 0 aliphatic carbocycles. The van der Waals surface area contributed by atoms with Gasteiger partial charge in [0.1, 0.15) is 5.75 Å². The van der Waals surface area contributed by atoms with Crippen LogP contribution in [0.5, 0.6) is 5.75 Å². The van der Waals surface area contributed by atoms with Crippen LogP contribution in [0.3, 0.4) is 0 Å². The van der Waals surface area contributed by atoms with Crippen LogP contribution in [0.2, 0.25) is 0 Å². The number of benzene rings is 2. The van der Waals surface area contributed by atoms with E-state index >= 15 is 0 Å². The van der Waals surface area contributed by atoms with E-state index in [0.717, 1.165) is 17.0 Å². The van der Waals surface area contributed by atoms with E-state index in [2.05, 4.69) is 5.32 Å². The fourth-order valence-electron chi connectivity index (χ4n) is 1.99. The van der Waals surface area contributed by atoms with E-state index in [9.17, 15) is 4.79 Å². The molecule has 0 radical (unpaired) electrons. The molecule has 0 aliphatic rings. The van der Waals surface area contributed by atoms with Gasteiger partial charge in [-0.25, -0.2) is 0 Å². The number of amides is 1. The van der Waals surface area contributed by atoms with E-state index in [4.69, 9.17) is 4.74 Å². The van der Waals surface area contributed by atoms with Crippen molar-refractivity contribution >= 4 is 11.6 Å². The summed E-state index contributed by atoms with van der Waals surface area (Å²) in [6.07, 6.45) is 0. The Balaban J connectivity index is 2.02. The molecule has 4 nitrogen and oxygen atoms in total. The molecule has 2 rings (SSSR count). The molecular formula is C17H20N2O2. The Bertz CT molecular complexity index is 624. The number of methoxy groups -OCH3 is 1. The van der Waals surface area contributed by atoms with Crippen LogP contribution in [0.25, 0.3) is 0 Å². The highest BCUT2D eigenvalue weighted by Crippen LogP contribution is 2.14. The molecule has 0 heterocycles. The molecule has 0 bridgehead atoms. The average Bonchev–Trinajstić information content (AvgIpc) is 2.53. The van der Waals surface area contributed by atoms with Crippen molar-refractivity contribution in [3.05, 3.63) is 59.7 Å². The third-order valence-corrected chi connectivity index (χ3v) is 3.21. The highest BCUT2D eigenvalue weighted by atomic mass is 16.5. The molecule has 0 aromatic heterocycles. The molecule has 0 aliphatic heterocycles. The number of nitrogens with zero attached hydrogens (tertiary/aromatic N) is 1. The highest BCUT2D eigenvalue weighted by Gasteiger charge is 2.07. The minimum atomic E-state index is -0.0819. The summed E-state index contributed by atoms with van der Waals surface area (Å²) in [5.74, 6) is 0.706. The SMILES string of the molecule is COc1cccc(CNC(=O)c2cccc(N(C)C)c2)c1. The van der Waals surface area contributed by atoms with Crippen molar-refractivity contribution < 1.29 is 9.53 Å². The average molecular weight is 284 g/mol. The van der Waals surface area contributed by atoms with Crippen LogP contribution in [-0.4, -0.2) is 27.1 Å². The van der Waals surface area contributed by atoms with Gasteiger partial charge in [0, 0.05) is 31.9 Å². The smallest absolute Gasteiger partial charge is 0.251 e. The van der Waals surface area contributed by atoms with Crippen LogP contribution in [0, 0.1) is 0 Å². The van der Waals surface area contributed by atoms with Gasteiger partial charge < -0.3 is 15.0 Å². The Labute approximate surface area is 125 Å². The molecule has 21 heavy (non-hydrogen) atoms. The monoisotopic (exact) mass is 284 g/mol. The third kappa shape index (κ3) is 3.99. The zero-order chi connectivity index (χ0) is 15.2. The van der Waals surface area contributed by atoms with Crippen molar-refractivity contribution in [2.24, 2.45) is 0 Å². The third-order valence-electron chi connectivity index (χ3n) is 3.21. The van der Waals surface area contributed by atoms with Crippen LogP contribution < -0.4 is 15.0 Å². The van der Waals surface area contributed by atoms with Crippen LogP contribution in [0.4, 0.5) is 5.69 Å². The molecule has 1 amide bonds. The molecule has 0 saturated heterocycles. The standard InChI is InChI=1S/C17H20N2O2/c1-19(2)15-8-5-7-14(11-15)17(20)18-12-13-6-4-9-16(10-13)21-3/h4-11H,12H2,1-3H3,(H,18,20). The number of carbonyl (C=O) groups excluding carboxylic acids is 1. The first kappa shape index (κ1) is 14.9. The van der Waals surface area contributed by atoms with Crippen LogP contribution in [-0.2, 0) is 6.54 Å². The molecule has 2 aromatic rings. The van der Waals surface area contributed by atoms with E-state index in [0.29, 0.717) is 12.1 Å². The van der Waals surface area contributed by atoms with Gasteiger partial charge >= 0.3 is 0 Å². The van der Waals surface area contributed by atoms with Crippen molar-refractivity contribution in [2.75, 3.05) is 26.1 Å². The minimum absolute atomic E-state index is 0.0819. The fraction of sp³-hybridized carbons (Fsp3) is 0.235. The fourth-order valence-corrected chi connectivity index (χ4v) is 1.99. The van der Waals surface area contributed by atoms with Gasteiger partial charge in [0.2, 0.25) is 0 Å². The Morgan fingerprint density at radius 1 is 1.14 bits per heavy atom. The number of hydrogen-bond acceptors (Lipinski definition) is 3. The number of anilines is 1. The van der Waals surface area contributed by atoms with Crippen molar-refractivity contribution in [3.63, 3.8) is 0 Å². The maximum Gasteiger partial charge on any atom is 0.251 e. The topological polar surface area (TPSA) is 41.6 Å². The van der Waals surface area contributed by atoms with Crippen LogP contribution >= 0.6 is 0 Å². The molecule has 0 unspecified atom stereocenters. The van der Waals surface area contributed by atoms with Gasteiger partial charge in [0.15, 0.2) is 0 Å². The molecule has 0 saturated carbocycles. The normalized spacial score (nSPS) is 10.0. The second kappa shape index (κ2) is 6.79. The molecular weight excluding hydrogens is 264 g/mol. The number of rotatable bonds is 5.